The van der Waals surface area contributed by atoms with Crippen molar-refractivity contribution < 1.29 is 4.79 Å². The molecule has 0 spiro atoms. The third-order valence-electron chi connectivity index (χ3n) is 3.40. The van der Waals surface area contributed by atoms with Crippen molar-refractivity contribution in [2.75, 3.05) is 11.6 Å². The Kier molecular flexibility index (Phi) is 3.97. The molecule has 0 fully saturated rings. The summed E-state index contributed by atoms with van der Waals surface area (Å²) in [7, 11) is 0. The molecule has 0 aliphatic rings. The van der Waals surface area contributed by atoms with E-state index in [1.165, 1.54) is 4.90 Å². The average Bonchev–Trinajstić information content (AvgIpc) is 2.91. The zero-order valence-corrected chi connectivity index (χ0v) is 12.5. The fourth-order valence-corrected chi connectivity index (χ4v) is 2.74. The number of hydrogen-bond donors (Lipinski definition) is 2. The van der Waals surface area contributed by atoms with Gasteiger partial charge in [0.05, 0.1) is 6.42 Å². The number of hydrogen-bond acceptors (Lipinski definition) is 2. The molecule has 106 valence electrons. The van der Waals surface area contributed by atoms with E-state index in [1.807, 2.05) is 61.0 Å². The molecule has 0 aliphatic heterocycles. The number of aromatic amines is 1. The smallest absolute Gasteiger partial charge is 0.228 e. The number of rotatable bonds is 4. The molecule has 3 rings (SSSR count). The maximum atomic E-state index is 12.1. The standard InChI is InChI=1S/C17H16N2OS/c1-21-14-8-6-13(7-9-14)19-17(20)10-12-11-18-16-5-3-2-4-15(12)16/h2-9,11,18H,10H2,1H3,(H,19,20). The van der Waals surface area contributed by atoms with Gasteiger partial charge in [-0.05, 0) is 42.2 Å². The number of fused-ring (bicyclic) bond motifs is 1. The number of H-pyrrole nitrogens is 1. The lowest BCUT2D eigenvalue weighted by Gasteiger charge is -2.05. The SMILES string of the molecule is CSc1ccc(NC(=O)Cc2c[nH]c3ccccc23)cc1. The highest BCUT2D eigenvalue weighted by molar-refractivity contribution is 7.98. The van der Waals surface area contributed by atoms with E-state index in [9.17, 15) is 4.79 Å². The lowest BCUT2D eigenvalue weighted by atomic mass is 10.1. The lowest BCUT2D eigenvalue weighted by molar-refractivity contribution is -0.115. The van der Waals surface area contributed by atoms with Gasteiger partial charge in [-0.2, -0.15) is 0 Å². The second kappa shape index (κ2) is 6.06. The van der Waals surface area contributed by atoms with Crippen molar-refractivity contribution in [1.29, 1.82) is 0 Å². The molecule has 0 saturated carbocycles. The Hall–Kier alpha value is -2.20. The van der Waals surface area contributed by atoms with Crippen LogP contribution >= 0.6 is 11.8 Å². The van der Waals surface area contributed by atoms with Gasteiger partial charge in [0.25, 0.3) is 0 Å². The quantitative estimate of drug-likeness (QED) is 0.713. The van der Waals surface area contributed by atoms with E-state index < -0.39 is 0 Å². The second-order valence-electron chi connectivity index (χ2n) is 4.81. The van der Waals surface area contributed by atoms with Crippen LogP contribution in [0.15, 0.2) is 59.6 Å². The molecule has 2 N–H and O–H groups in total. The van der Waals surface area contributed by atoms with Crippen LogP contribution in [-0.2, 0) is 11.2 Å². The monoisotopic (exact) mass is 296 g/mol. The predicted molar refractivity (Wildman–Crippen MR) is 88.9 cm³/mol. The number of para-hydroxylation sites is 1. The number of carbonyl (C=O) groups is 1. The molecule has 0 aliphatic carbocycles. The molecule has 0 bridgehead atoms. The van der Waals surface area contributed by atoms with E-state index >= 15 is 0 Å². The Morgan fingerprint density at radius 2 is 1.90 bits per heavy atom. The first kappa shape index (κ1) is 13.8. The van der Waals surface area contributed by atoms with Crippen LogP contribution in [0.2, 0.25) is 0 Å². The topological polar surface area (TPSA) is 44.9 Å². The van der Waals surface area contributed by atoms with E-state index in [2.05, 4.69) is 10.3 Å². The molecule has 0 atom stereocenters. The van der Waals surface area contributed by atoms with E-state index in [-0.39, 0.29) is 5.91 Å². The summed E-state index contributed by atoms with van der Waals surface area (Å²) in [5.41, 5.74) is 2.91. The van der Waals surface area contributed by atoms with Crippen molar-refractivity contribution in [3.63, 3.8) is 0 Å². The number of anilines is 1. The van der Waals surface area contributed by atoms with Crippen LogP contribution < -0.4 is 5.32 Å². The van der Waals surface area contributed by atoms with Crippen molar-refractivity contribution in [2.45, 2.75) is 11.3 Å². The summed E-state index contributed by atoms with van der Waals surface area (Å²) in [6, 6.07) is 15.9. The summed E-state index contributed by atoms with van der Waals surface area (Å²) in [6.45, 7) is 0. The van der Waals surface area contributed by atoms with E-state index in [1.54, 1.807) is 11.8 Å². The lowest BCUT2D eigenvalue weighted by Crippen LogP contribution is -2.14. The van der Waals surface area contributed by atoms with Gasteiger partial charge in [-0.3, -0.25) is 4.79 Å². The summed E-state index contributed by atoms with van der Waals surface area (Å²) in [5, 5.41) is 4.04. The molecular formula is C17H16N2OS. The first-order valence-electron chi connectivity index (χ1n) is 6.75. The third kappa shape index (κ3) is 3.11. The fraction of sp³-hybridized carbons (Fsp3) is 0.118. The highest BCUT2D eigenvalue weighted by Gasteiger charge is 2.08. The van der Waals surface area contributed by atoms with Crippen LogP contribution in [-0.4, -0.2) is 17.1 Å². The molecule has 1 heterocycles. The maximum absolute atomic E-state index is 12.1. The number of amides is 1. The van der Waals surface area contributed by atoms with Gasteiger partial charge in [0, 0.05) is 27.7 Å². The first-order chi connectivity index (χ1) is 10.3. The molecule has 21 heavy (non-hydrogen) atoms. The minimum Gasteiger partial charge on any atom is -0.361 e. The van der Waals surface area contributed by atoms with Gasteiger partial charge in [0.1, 0.15) is 0 Å². The molecule has 3 nitrogen and oxygen atoms in total. The number of aromatic nitrogens is 1. The van der Waals surface area contributed by atoms with Crippen LogP contribution in [0.3, 0.4) is 0 Å². The van der Waals surface area contributed by atoms with Crippen LogP contribution in [0.4, 0.5) is 5.69 Å². The van der Waals surface area contributed by atoms with Gasteiger partial charge in [0.15, 0.2) is 0 Å². The van der Waals surface area contributed by atoms with Crippen LogP contribution in [0.25, 0.3) is 10.9 Å². The summed E-state index contributed by atoms with van der Waals surface area (Å²) < 4.78 is 0. The number of carbonyl (C=O) groups excluding carboxylic acids is 1. The molecular weight excluding hydrogens is 280 g/mol. The summed E-state index contributed by atoms with van der Waals surface area (Å²) in [4.78, 5) is 16.5. The number of nitrogens with one attached hydrogen (secondary N) is 2. The Morgan fingerprint density at radius 1 is 1.14 bits per heavy atom. The maximum Gasteiger partial charge on any atom is 0.228 e. The molecule has 0 radical (unpaired) electrons. The van der Waals surface area contributed by atoms with Crippen molar-refractivity contribution in [3.8, 4) is 0 Å². The second-order valence-corrected chi connectivity index (χ2v) is 5.69. The highest BCUT2D eigenvalue weighted by atomic mass is 32.2. The van der Waals surface area contributed by atoms with Crippen molar-refractivity contribution in [3.05, 3.63) is 60.3 Å². The van der Waals surface area contributed by atoms with Crippen LogP contribution in [0.1, 0.15) is 5.56 Å². The van der Waals surface area contributed by atoms with Crippen molar-refractivity contribution in [1.82, 2.24) is 4.98 Å². The Morgan fingerprint density at radius 3 is 2.67 bits per heavy atom. The minimum absolute atomic E-state index is 0.00310. The summed E-state index contributed by atoms with van der Waals surface area (Å²) in [5.74, 6) is -0.00310. The van der Waals surface area contributed by atoms with Gasteiger partial charge in [0.2, 0.25) is 5.91 Å². The van der Waals surface area contributed by atoms with Gasteiger partial charge < -0.3 is 10.3 Å². The zero-order valence-electron chi connectivity index (χ0n) is 11.7. The molecule has 0 unspecified atom stereocenters. The molecule has 1 aromatic heterocycles. The molecule has 1 amide bonds. The third-order valence-corrected chi connectivity index (χ3v) is 4.14. The molecule has 2 aromatic carbocycles. The zero-order chi connectivity index (χ0) is 14.7. The van der Waals surface area contributed by atoms with E-state index in [0.29, 0.717) is 6.42 Å². The van der Waals surface area contributed by atoms with E-state index in [4.69, 9.17) is 0 Å². The van der Waals surface area contributed by atoms with Crippen molar-refractivity contribution >= 4 is 34.3 Å². The summed E-state index contributed by atoms with van der Waals surface area (Å²) in [6.07, 6.45) is 4.31. The predicted octanol–water partition coefficient (Wildman–Crippen LogP) is 4.07. The minimum atomic E-state index is -0.00310. The first-order valence-corrected chi connectivity index (χ1v) is 7.97. The normalized spacial score (nSPS) is 10.7. The Balaban J connectivity index is 1.71. The van der Waals surface area contributed by atoms with Gasteiger partial charge in [-0.1, -0.05) is 18.2 Å². The Bertz CT molecular complexity index is 762. The van der Waals surface area contributed by atoms with Crippen molar-refractivity contribution in [2.24, 2.45) is 0 Å². The fourth-order valence-electron chi connectivity index (χ4n) is 2.33. The largest absolute Gasteiger partial charge is 0.361 e. The number of thioether (sulfide) groups is 1. The molecule has 0 saturated heterocycles. The van der Waals surface area contributed by atoms with Gasteiger partial charge >= 0.3 is 0 Å². The molecule has 3 aromatic rings. The number of benzene rings is 2. The van der Waals surface area contributed by atoms with Crippen LogP contribution in [0.5, 0.6) is 0 Å². The van der Waals surface area contributed by atoms with Gasteiger partial charge in [-0.15, -0.1) is 11.8 Å². The Labute approximate surface area is 127 Å². The molecule has 4 heteroatoms. The highest BCUT2D eigenvalue weighted by Crippen LogP contribution is 2.20. The summed E-state index contributed by atoms with van der Waals surface area (Å²) >= 11 is 1.68. The van der Waals surface area contributed by atoms with Gasteiger partial charge in [-0.25, -0.2) is 0 Å². The van der Waals surface area contributed by atoms with E-state index in [0.717, 1.165) is 22.2 Å². The average molecular weight is 296 g/mol. The van der Waals surface area contributed by atoms with Crippen LogP contribution in [0, 0.1) is 0 Å².